The number of esters is 1. The molecule has 3 aromatic carbocycles. The molecule has 0 saturated heterocycles. The SMILES string of the molecule is COC(=O)c1cccc(CNc2ccc(OCc3c(-c4c(Cl)cccc4Cl)cnn3C(C)C)cc2Cl)c1. The Morgan fingerprint density at radius 1 is 1.00 bits per heavy atom. The van der Waals surface area contributed by atoms with Crippen molar-refractivity contribution >= 4 is 46.5 Å². The highest BCUT2D eigenvalue weighted by atomic mass is 35.5. The Morgan fingerprint density at radius 2 is 1.73 bits per heavy atom. The van der Waals surface area contributed by atoms with Crippen molar-refractivity contribution in [3.8, 4) is 16.9 Å². The Labute approximate surface area is 231 Å². The van der Waals surface area contributed by atoms with Crippen molar-refractivity contribution in [2.45, 2.75) is 33.0 Å². The second kappa shape index (κ2) is 11.9. The van der Waals surface area contributed by atoms with Crippen LogP contribution in [0.5, 0.6) is 5.75 Å². The van der Waals surface area contributed by atoms with Crippen LogP contribution < -0.4 is 10.1 Å². The topological polar surface area (TPSA) is 65.4 Å². The number of hydrogen-bond donors (Lipinski definition) is 1. The molecule has 1 N–H and O–H groups in total. The number of benzene rings is 3. The highest BCUT2D eigenvalue weighted by Gasteiger charge is 2.19. The lowest BCUT2D eigenvalue weighted by molar-refractivity contribution is 0.0600. The average Bonchev–Trinajstić information content (AvgIpc) is 3.30. The fraction of sp³-hybridized carbons (Fsp3) is 0.214. The van der Waals surface area contributed by atoms with Gasteiger partial charge in [-0.15, -0.1) is 0 Å². The number of carbonyl (C=O) groups is 1. The smallest absolute Gasteiger partial charge is 0.337 e. The largest absolute Gasteiger partial charge is 0.487 e. The van der Waals surface area contributed by atoms with E-state index >= 15 is 0 Å². The van der Waals surface area contributed by atoms with Gasteiger partial charge in [0, 0.05) is 29.8 Å². The van der Waals surface area contributed by atoms with E-state index in [4.69, 9.17) is 44.3 Å². The third-order valence-electron chi connectivity index (χ3n) is 5.77. The molecule has 0 saturated carbocycles. The number of rotatable bonds is 9. The third kappa shape index (κ3) is 6.21. The summed E-state index contributed by atoms with van der Waals surface area (Å²) in [5.74, 6) is 0.233. The van der Waals surface area contributed by atoms with Gasteiger partial charge >= 0.3 is 5.97 Å². The molecule has 0 aliphatic rings. The first-order valence-electron chi connectivity index (χ1n) is 11.6. The van der Waals surface area contributed by atoms with Crippen molar-refractivity contribution in [3.63, 3.8) is 0 Å². The molecule has 0 radical (unpaired) electrons. The molecule has 192 valence electrons. The highest BCUT2D eigenvalue weighted by molar-refractivity contribution is 6.39. The van der Waals surface area contributed by atoms with Crippen LogP contribution in [-0.4, -0.2) is 22.9 Å². The van der Waals surface area contributed by atoms with Crippen LogP contribution in [0.3, 0.4) is 0 Å². The maximum atomic E-state index is 11.8. The Kier molecular flexibility index (Phi) is 8.64. The minimum absolute atomic E-state index is 0.112. The number of hydrogen-bond acceptors (Lipinski definition) is 5. The molecule has 0 bridgehead atoms. The van der Waals surface area contributed by atoms with Crippen molar-refractivity contribution < 1.29 is 14.3 Å². The first-order chi connectivity index (χ1) is 17.8. The van der Waals surface area contributed by atoms with Crippen molar-refractivity contribution in [2.24, 2.45) is 0 Å². The van der Waals surface area contributed by atoms with Gasteiger partial charge in [0.1, 0.15) is 12.4 Å². The van der Waals surface area contributed by atoms with E-state index in [0.717, 1.165) is 28.1 Å². The normalized spacial score (nSPS) is 11.0. The predicted octanol–water partition coefficient (Wildman–Crippen LogP) is 8.07. The van der Waals surface area contributed by atoms with Gasteiger partial charge in [0.2, 0.25) is 0 Å². The number of ether oxygens (including phenoxy) is 2. The summed E-state index contributed by atoms with van der Waals surface area (Å²) in [5, 5.41) is 9.45. The van der Waals surface area contributed by atoms with Gasteiger partial charge in [-0.3, -0.25) is 4.68 Å². The maximum absolute atomic E-state index is 11.8. The molecule has 0 unspecified atom stereocenters. The molecule has 0 amide bonds. The average molecular weight is 559 g/mol. The number of aromatic nitrogens is 2. The van der Waals surface area contributed by atoms with Gasteiger partial charge in [-0.2, -0.15) is 5.10 Å². The maximum Gasteiger partial charge on any atom is 0.337 e. The van der Waals surface area contributed by atoms with E-state index < -0.39 is 0 Å². The van der Waals surface area contributed by atoms with E-state index in [1.807, 2.05) is 48.9 Å². The fourth-order valence-corrected chi connectivity index (χ4v) is 4.78. The van der Waals surface area contributed by atoms with Gasteiger partial charge < -0.3 is 14.8 Å². The summed E-state index contributed by atoms with van der Waals surface area (Å²) in [5.41, 5.74) is 4.57. The number of nitrogens with zero attached hydrogens (tertiary/aromatic N) is 2. The van der Waals surface area contributed by atoms with Gasteiger partial charge in [-0.25, -0.2) is 4.79 Å². The van der Waals surface area contributed by atoms with Crippen molar-refractivity contribution in [2.75, 3.05) is 12.4 Å². The van der Waals surface area contributed by atoms with Gasteiger partial charge in [0.15, 0.2) is 0 Å². The van der Waals surface area contributed by atoms with E-state index in [0.29, 0.717) is 32.9 Å². The van der Waals surface area contributed by atoms with Crippen LogP contribution in [0, 0.1) is 0 Å². The van der Waals surface area contributed by atoms with Crippen molar-refractivity contribution in [1.29, 1.82) is 0 Å². The fourth-order valence-electron chi connectivity index (χ4n) is 3.94. The molecule has 4 rings (SSSR count). The quantitative estimate of drug-likeness (QED) is 0.210. The molecule has 0 aliphatic heterocycles. The van der Waals surface area contributed by atoms with Crippen LogP contribution in [0.4, 0.5) is 5.69 Å². The second-order valence-corrected chi connectivity index (χ2v) is 9.84. The number of anilines is 1. The van der Waals surface area contributed by atoms with Crippen LogP contribution >= 0.6 is 34.8 Å². The van der Waals surface area contributed by atoms with E-state index in [-0.39, 0.29) is 18.6 Å². The summed E-state index contributed by atoms with van der Waals surface area (Å²) in [6.07, 6.45) is 1.76. The van der Waals surface area contributed by atoms with Gasteiger partial charge in [0.05, 0.1) is 45.3 Å². The number of halogens is 3. The lowest BCUT2D eigenvalue weighted by atomic mass is 10.1. The summed E-state index contributed by atoms with van der Waals surface area (Å²) in [4.78, 5) is 11.8. The zero-order valence-corrected chi connectivity index (χ0v) is 22.9. The Morgan fingerprint density at radius 3 is 2.41 bits per heavy atom. The minimum atomic E-state index is -0.375. The molecule has 6 nitrogen and oxygen atoms in total. The molecule has 9 heteroatoms. The Bertz CT molecular complexity index is 1400. The van der Waals surface area contributed by atoms with Crippen molar-refractivity contribution in [3.05, 3.63) is 98.7 Å². The number of carbonyl (C=O) groups excluding carboxylic acids is 1. The van der Waals surface area contributed by atoms with Crippen LogP contribution in [0.2, 0.25) is 15.1 Å². The Hall–Kier alpha value is -3.19. The first-order valence-corrected chi connectivity index (χ1v) is 12.8. The number of methoxy groups -OCH3 is 1. The summed E-state index contributed by atoms with van der Waals surface area (Å²) < 4.78 is 12.8. The first kappa shape index (κ1) is 26.9. The standard InChI is InChI=1S/C28H26Cl3N3O3/c1-17(2)34-26(21(15-33-34)27-22(29)8-5-9-23(27)30)16-37-20-10-11-25(24(31)13-20)32-14-18-6-4-7-19(12-18)28(35)36-3/h4-13,15,17,32H,14,16H2,1-3H3. The minimum Gasteiger partial charge on any atom is -0.487 e. The van der Waals surface area contributed by atoms with Crippen LogP contribution in [0.15, 0.2) is 66.9 Å². The molecule has 0 aliphatic carbocycles. The van der Waals surface area contributed by atoms with Crippen LogP contribution in [0.25, 0.3) is 11.1 Å². The Balaban J connectivity index is 1.49. The van der Waals surface area contributed by atoms with E-state index in [1.165, 1.54) is 7.11 Å². The van der Waals surface area contributed by atoms with E-state index in [9.17, 15) is 4.79 Å². The zero-order chi connectivity index (χ0) is 26.5. The van der Waals surface area contributed by atoms with Crippen LogP contribution in [-0.2, 0) is 17.9 Å². The van der Waals surface area contributed by atoms with Gasteiger partial charge in [0.25, 0.3) is 0 Å². The van der Waals surface area contributed by atoms with E-state index in [2.05, 4.69) is 10.4 Å². The molecule has 1 aromatic heterocycles. The molecule has 1 heterocycles. The predicted molar refractivity (Wildman–Crippen MR) is 149 cm³/mol. The lowest BCUT2D eigenvalue weighted by Gasteiger charge is -2.16. The van der Waals surface area contributed by atoms with Gasteiger partial charge in [-0.1, -0.05) is 53.0 Å². The summed E-state index contributed by atoms with van der Waals surface area (Å²) in [6.45, 7) is 4.83. The lowest BCUT2D eigenvalue weighted by Crippen LogP contribution is -2.11. The molecule has 37 heavy (non-hydrogen) atoms. The zero-order valence-electron chi connectivity index (χ0n) is 20.6. The molecular formula is C28H26Cl3N3O3. The number of nitrogens with one attached hydrogen (secondary N) is 1. The highest BCUT2D eigenvalue weighted by Crippen LogP contribution is 2.37. The summed E-state index contributed by atoms with van der Waals surface area (Å²) in [7, 11) is 1.36. The second-order valence-electron chi connectivity index (χ2n) is 8.62. The van der Waals surface area contributed by atoms with E-state index in [1.54, 1.807) is 36.5 Å². The third-order valence-corrected chi connectivity index (χ3v) is 6.71. The molecular weight excluding hydrogens is 533 g/mol. The summed E-state index contributed by atoms with van der Waals surface area (Å²) >= 11 is 19.5. The van der Waals surface area contributed by atoms with Crippen LogP contribution in [0.1, 0.15) is 41.5 Å². The van der Waals surface area contributed by atoms with Crippen molar-refractivity contribution in [1.82, 2.24) is 9.78 Å². The summed E-state index contributed by atoms with van der Waals surface area (Å²) in [6, 6.07) is 18.2. The monoisotopic (exact) mass is 557 g/mol. The molecule has 0 atom stereocenters. The molecule has 0 fully saturated rings. The molecule has 0 spiro atoms. The van der Waals surface area contributed by atoms with Gasteiger partial charge in [-0.05, 0) is 55.8 Å². The molecule has 4 aromatic rings.